The van der Waals surface area contributed by atoms with Gasteiger partial charge in [-0.25, -0.2) is 9.59 Å². The Balaban J connectivity index is 0.00000118. The second-order valence-corrected chi connectivity index (χ2v) is 5.65. The van der Waals surface area contributed by atoms with Gasteiger partial charge in [-0.05, 0) is 25.2 Å². The van der Waals surface area contributed by atoms with E-state index in [4.69, 9.17) is 24.5 Å². The highest BCUT2D eigenvalue weighted by Crippen LogP contribution is 2.22. The normalized spacial score (nSPS) is 15.4. The van der Waals surface area contributed by atoms with Gasteiger partial charge < -0.3 is 25.0 Å². The molecular weight excluding hydrogens is 318 g/mol. The van der Waals surface area contributed by atoms with E-state index in [1.807, 2.05) is 13.8 Å². The summed E-state index contributed by atoms with van der Waals surface area (Å²) in [7, 11) is 0. The highest BCUT2D eigenvalue weighted by atomic mass is 16.7. The van der Waals surface area contributed by atoms with Crippen molar-refractivity contribution in [3.05, 3.63) is 0 Å². The maximum absolute atomic E-state index is 11.7. The van der Waals surface area contributed by atoms with Crippen LogP contribution in [0.4, 0.5) is 9.59 Å². The zero-order valence-corrected chi connectivity index (χ0v) is 14.5. The molecular formula is C16H29NO7. The van der Waals surface area contributed by atoms with Gasteiger partial charge in [0.1, 0.15) is 0 Å². The number of alkyl carbamates (subject to hydrolysis) is 1. The average molecular weight is 347 g/mol. The SMILES string of the molecule is CCCC(=O)OC(CC)OC(=O)NCC1CCCCC1.O=C(O)O. The highest BCUT2D eigenvalue weighted by Gasteiger charge is 2.18. The first-order chi connectivity index (χ1) is 11.4. The molecule has 24 heavy (non-hydrogen) atoms. The Labute approximate surface area is 142 Å². The van der Waals surface area contributed by atoms with Crippen molar-refractivity contribution in [3.63, 3.8) is 0 Å². The Kier molecular flexibility index (Phi) is 12.3. The van der Waals surface area contributed by atoms with E-state index in [1.165, 1.54) is 32.1 Å². The van der Waals surface area contributed by atoms with Crippen molar-refractivity contribution in [1.29, 1.82) is 0 Å². The van der Waals surface area contributed by atoms with E-state index in [0.717, 1.165) is 6.42 Å². The molecule has 0 saturated heterocycles. The van der Waals surface area contributed by atoms with Crippen LogP contribution >= 0.6 is 0 Å². The van der Waals surface area contributed by atoms with Crippen molar-refractivity contribution in [3.8, 4) is 0 Å². The molecule has 0 radical (unpaired) electrons. The second kappa shape index (κ2) is 13.4. The maximum Gasteiger partial charge on any atom is 0.503 e. The van der Waals surface area contributed by atoms with Gasteiger partial charge in [-0.15, -0.1) is 0 Å². The number of esters is 1. The van der Waals surface area contributed by atoms with Crippen LogP contribution in [0.15, 0.2) is 0 Å². The Bertz CT molecular complexity index is 377. The molecule has 140 valence electrons. The predicted molar refractivity (Wildman–Crippen MR) is 86.8 cm³/mol. The minimum atomic E-state index is -1.83. The molecule has 8 nitrogen and oxygen atoms in total. The zero-order valence-electron chi connectivity index (χ0n) is 14.5. The number of hydrogen-bond acceptors (Lipinski definition) is 5. The van der Waals surface area contributed by atoms with Crippen molar-refractivity contribution >= 4 is 18.2 Å². The summed E-state index contributed by atoms with van der Waals surface area (Å²) in [5, 5.41) is 16.7. The number of carbonyl (C=O) groups is 3. The molecule has 1 rings (SSSR count). The Hall–Kier alpha value is -1.99. The lowest BCUT2D eigenvalue weighted by atomic mass is 9.89. The standard InChI is InChI=1S/C15H27NO4.CH2O3/c1-3-8-13(17)19-14(4-2)20-15(18)16-11-12-9-6-5-7-10-12;2-1(3)4/h12,14H,3-11H2,1-2H3,(H,16,18);(H2,2,3,4). The number of ether oxygens (including phenoxy) is 2. The molecule has 1 atom stereocenters. The summed E-state index contributed by atoms with van der Waals surface area (Å²) in [5.41, 5.74) is 0. The van der Waals surface area contributed by atoms with Gasteiger partial charge in [0.2, 0.25) is 6.29 Å². The molecule has 0 bridgehead atoms. The number of carbonyl (C=O) groups excluding carboxylic acids is 2. The first kappa shape index (κ1) is 22.0. The topological polar surface area (TPSA) is 122 Å². The van der Waals surface area contributed by atoms with Gasteiger partial charge in [0, 0.05) is 19.4 Å². The van der Waals surface area contributed by atoms with Crippen molar-refractivity contribution in [2.75, 3.05) is 6.54 Å². The summed E-state index contributed by atoms with van der Waals surface area (Å²) in [6.07, 6.45) is 4.56. The van der Waals surface area contributed by atoms with Crippen LogP contribution in [0.3, 0.4) is 0 Å². The molecule has 1 aliphatic carbocycles. The van der Waals surface area contributed by atoms with E-state index in [-0.39, 0.29) is 5.97 Å². The van der Waals surface area contributed by atoms with Gasteiger partial charge in [0.25, 0.3) is 0 Å². The fourth-order valence-corrected chi connectivity index (χ4v) is 2.38. The summed E-state index contributed by atoms with van der Waals surface area (Å²) in [6, 6.07) is 0. The molecule has 0 aliphatic heterocycles. The molecule has 0 heterocycles. The van der Waals surface area contributed by atoms with Crippen molar-refractivity contribution in [2.45, 2.75) is 71.5 Å². The van der Waals surface area contributed by atoms with E-state index in [9.17, 15) is 9.59 Å². The van der Waals surface area contributed by atoms with Crippen molar-refractivity contribution < 1.29 is 34.1 Å². The van der Waals surface area contributed by atoms with Crippen LogP contribution in [0, 0.1) is 5.92 Å². The van der Waals surface area contributed by atoms with Gasteiger partial charge in [-0.3, -0.25) is 4.79 Å². The van der Waals surface area contributed by atoms with Crippen LogP contribution < -0.4 is 5.32 Å². The third kappa shape index (κ3) is 12.5. The highest BCUT2D eigenvalue weighted by molar-refractivity contribution is 5.70. The molecule has 1 fully saturated rings. The number of amides is 1. The molecule has 3 N–H and O–H groups in total. The first-order valence-electron chi connectivity index (χ1n) is 8.44. The molecule has 0 aromatic rings. The summed E-state index contributed by atoms with van der Waals surface area (Å²) in [5.74, 6) is 0.235. The van der Waals surface area contributed by atoms with Gasteiger partial charge in [0.05, 0.1) is 0 Å². The number of rotatable bonds is 7. The molecule has 1 unspecified atom stereocenters. The van der Waals surface area contributed by atoms with Crippen LogP contribution in [0.5, 0.6) is 0 Å². The smallest absolute Gasteiger partial charge is 0.450 e. The summed E-state index contributed by atoms with van der Waals surface area (Å²) < 4.78 is 10.2. The van der Waals surface area contributed by atoms with Gasteiger partial charge in [-0.2, -0.15) is 0 Å². The minimum Gasteiger partial charge on any atom is -0.450 e. The fraction of sp³-hybridized carbons (Fsp3) is 0.812. The van der Waals surface area contributed by atoms with Crippen LogP contribution in [0.2, 0.25) is 0 Å². The summed E-state index contributed by atoms with van der Waals surface area (Å²) in [6.45, 7) is 4.37. The van der Waals surface area contributed by atoms with Crippen LogP contribution in [0.25, 0.3) is 0 Å². The lowest BCUT2D eigenvalue weighted by molar-refractivity contribution is -0.168. The maximum atomic E-state index is 11.7. The van der Waals surface area contributed by atoms with Crippen molar-refractivity contribution in [1.82, 2.24) is 5.32 Å². The monoisotopic (exact) mass is 347 g/mol. The van der Waals surface area contributed by atoms with E-state index < -0.39 is 18.5 Å². The molecule has 1 amide bonds. The fourth-order valence-electron chi connectivity index (χ4n) is 2.38. The molecule has 0 aromatic carbocycles. The minimum absolute atomic E-state index is 0.320. The Morgan fingerprint density at radius 1 is 1.08 bits per heavy atom. The van der Waals surface area contributed by atoms with Crippen LogP contribution in [-0.2, 0) is 14.3 Å². The van der Waals surface area contributed by atoms with E-state index in [2.05, 4.69) is 5.32 Å². The number of nitrogens with one attached hydrogen (secondary N) is 1. The van der Waals surface area contributed by atoms with Gasteiger partial charge >= 0.3 is 18.2 Å². The number of hydrogen-bond donors (Lipinski definition) is 3. The molecule has 0 aromatic heterocycles. The third-order valence-electron chi connectivity index (χ3n) is 3.55. The van der Waals surface area contributed by atoms with E-state index in [1.54, 1.807) is 0 Å². The van der Waals surface area contributed by atoms with Gasteiger partial charge in [-0.1, -0.05) is 33.1 Å². The molecule has 0 spiro atoms. The van der Waals surface area contributed by atoms with Gasteiger partial charge in [0.15, 0.2) is 0 Å². The zero-order chi connectivity index (χ0) is 18.4. The summed E-state index contributed by atoms with van der Waals surface area (Å²) >= 11 is 0. The lowest BCUT2D eigenvalue weighted by Crippen LogP contribution is -2.34. The molecule has 1 saturated carbocycles. The number of carboxylic acid groups (broad SMARTS) is 2. The second-order valence-electron chi connectivity index (χ2n) is 5.65. The van der Waals surface area contributed by atoms with Crippen molar-refractivity contribution in [2.24, 2.45) is 5.92 Å². The molecule has 1 aliphatic rings. The Morgan fingerprint density at radius 3 is 2.17 bits per heavy atom. The van der Waals surface area contributed by atoms with E-state index >= 15 is 0 Å². The van der Waals surface area contributed by atoms with Crippen LogP contribution in [0.1, 0.15) is 65.2 Å². The molecule has 8 heteroatoms. The van der Waals surface area contributed by atoms with E-state index in [0.29, 0.717) is 25.3 Å². The Morgan fingerprint density at radius 2 is 1.67 bits per heavy atom. The first-order valence-corrected chi connectivity index (χ1v) is 8.44. The van der Waals surface area contributed by atoms with Crippen LogP contribution in [-0.4, -0.2) is 41.3 Å². The quantitative estimate of drug-likeness (QED) is 0.475. The third-order valence-corrected chi connectivity index (χ3v) is 3.55. The summed E-state index contributed by atoms with van der Waals surface area (Å²) in [4.78, 5) is 31.6. The average Bonchev–Trinajstić information content (AvgIpc) is 2.53. The predicted octanol–water partition coefficient (Wildman–Crippen LogP) is 3.59. The largest absolute Gasteiger partial charge is 0.503 e. The lowest BCUT2D eigenvalue weighted by Gasteiger charge is -2.22.